The number of hydrogen-bond acceptors (Lipinski definition) is 4. The van der Waals surface area contributed by atoms with Gasteiger partial charge in [-0.15, -0.1) is 23.5 Å². The smallest absolute Gasteiger partial charge is 0.315 e. The van der Waals surface area contributed by atoms with Crippen molar-refractivity contribution in [2.45, 2.75) is 30.8 Å². The predicted octanol–water partition coefficient (Wildman–Crippen LogP) is 4.82. The first-order valence-electron chi connectivity index (χ1n) is 6.98. The fourth-order valence-electron chi connectivity index (χ4n) is 1.89. The van der Waals surface area contributed by atoms with Crippen molar-refractivity contribution in [2.75, 3.05) is 11.5 Å². The SMILES string of the molecule is CC/C=C\CC(=O)Oc1ccc(C2SCCCS2)cc1. The Kier molecular flexibility index (Phi) is 6.54. The summed E-state index contributed by atoms with van der Waals surface area (Å²) < 4.78 is 5.83. The van der Waals surface area contributed by atoms with Crippen LogP contribution in [0.25, 0.3) is 0 Å². The van der Waals surface area contributed by atoms with Crippen molar-refractivity contribution in [1.29, 1.82) is 0 Å². The Labute approximate surface area is 129 Å². The normalized spacial score (nSPS) is 16.4. The summed E-state index contributed by atoms with van der Waals surface area (Å²) in [5.74, 6) is 2.90. The quantitative estimate of drug-likeness (QED) is 0.443. The van der Waals surface area contributed by atoms with E-state index in [-0.39, 0.29) is 5.97 Å². The largest absolute Gasteiger partial charge is 0.426 e. The topological polar surface area (TPSA) is 26.3 Å². The van der Waals surface area contributed by atoms with E-state index in [0.717, 1.165) is 6.42 Å². The molecular formula is C16H20O2S2. The first-order valence-corrected chi connectivity index (χ1v) is 9.08. The fraction of sp³-hybridized carbons (Fsp3) is 0.438. The second-order valence-corrected chi connectivity index (χ2v) is 7.28. The highest BCUT2D eigenvalue weighted by Crippen LogP contribution is 2.43. The summed E-state index contributed by atoms with van der Waals surface area (Å²) in [6.45, 7) is 2.04. The van der Waals surface area contributed by atoms with Gasteiger partial charge in [0.25, 0.3) is 0 Å². The van der Waals surface area contributed by atoms with Crippen LogP contribution in [0.4, 0.5) is 0 Å². The van der Waals surface area contributed by atoms with Gasteiger partial charge in [0.05, 0.1) is 11.0 Å². The highest BCUT2D eigenvalue weighted by molar-refractivity contribution is 8.16. The Morgan fingerprint density at radius 3 is 2.60 bits per heavy atom. The molecule has 0 spiro atoms. The zero-order chi connectivity index (χ0) is 14.2. The second kappa shape index (κ2) is 8.42. The summed E-state index contributed by atoms with van der Waals surface area (Å²) in [7, 11) is 0. The van der Waals surface area contributed by atoms with Crippen LogP contribution >= 0.6 is 23.5 Å². The minimum atomic E-state index is -0.205. The van der Waals surface area contributed by atoms with Crippen LogP contribution in [0.15, 0.2) is 36.4 Å². The first kappa shape index (κ1) is 15.5. The number of rotatable bonds is 5. The minimum absolute atomic E-state index is 0.205. The highest BCUT2D eigenvalue weighted by Gasteiger charge is 2.16. The number of ether oxygens (including phenoxy) is 1. The van der Waals surface area contributed by atoms with Crippen LogP contribution in [0.3, 0.4) is 0 Å². The predicted molar refractivity (Wildman–Crippen MR) is 88.4 cm³/mol. The minimum Gasteiger partial charge on any atom is -0.426 e. The van der Waals surface area contributed by atoms with Crippen LogP contribution in [0.5, 0.6) is 5.75 Å². The molecule has 108 valence electrons. The number of hydrogen-bond donors (Lipinski definition) is 0. The molecule has 0 aliphatic carbocycles. The number of benzene rings is 1. The third-order valence-corrected chi connectivity index (χ3v) is 5.91. The van der Waals surface area contributed by atoms with Gasteiger partial charge in [0.1, 0.15) is 5.75 Å². The molecule has 0 N–H and O–H groups in total. The molecule has 0 amide bonds. The third-order valence-electron chi connectivity index (χ3n) is 2.90. The molecule has 1 fully saturated rings. The maximum atomic E-state index is 11.6. The molecule has 2 nitrogen and oxygen atoms in total. The van der Waals surface area contributed by atoms with Gasteiger partial charge >= 0.3 is 5.97 Å². The summed E-state index contributed by atoms with van der Waals surface area (Å²) >= 11 is 3.99. The molecule has 1 aliphatic rings. The number of esters is 1. The Balaban J connectivity index is 1.87. The van der Waals surface area contributed by atoms with Crippen LogP contribution in [-0.2, 0) is 4.79 Å². The molecule has 2 rings (SSSR count). The van der Waals surface area contributed by atoms with Crippen molar-refractivity contribution in [3.8, 4) is 5.75 Å². The molecular weight excluding hydrogens is 288 g/mol. The molecule has 0 saturated carbocycles. The average Bonchev–Trinajstić information content (AvgIpc) is 2.49. The zero-order valence-corrected chi connectivity index (χ0v) is 13.3. The van der Waals surface area contributed by atoms with Gasteiger partial charge in [-0.2, -0.15) is 0 Å². The Morgan fingerprint density at radius 2 is 1.95 bits per heavy atom. The van der Waals surface area contributed by atoms with Crippen molar-refractivity contribution < 1.29 is 9.53 Å². The number of thioether (sulfide) groups is 2. The fourth-order valence-corrected chi connectivity index (χ4v) is 4.79. The Hall–Kier alpha value is -0.870. The molecule has 20 heavy (non-hydrogen) atoms. The lowest BCUT2D eigenvalue weighted by Crippen LogP contribution is -2.06. The molecule has 1 aliphatic heterocycles. The molecule has 1 saturated heterocycles. The summed E-state index contributed by atoms with van der Waals surface area (Å²) in [5, 5.41) is 0. The highest BCUT2D eigenvalue weighted by atomic mass is 32.2. The molecule has 0 radical (unpaired) electrons. The van der Waals surface area contributed by atoms with Crippen molar-refractivity contribution >= 4 is 29.5 Å². The van der Waals surface area contributed by atoms with Gasteiger partial charge in [-0.3, -0.25) is 4.79 Å². The number of allylic oxidation sites excluding steroid dienone is 1. The van der Waals surface area contributed by atoms with Crippen LogP contribution in [0.2, 0.25) is 0 Å². The van der Waals surface area contributed by atoms with E-state index in [0.29, 0.717) is 16.8 Å². The number of carbonyl (C=O) groups excluding carboxylic acids is 1. The lowest BCUT2D eigenvalue weighted by Gasteiger charge is -2.21. The van der Waals surface area contributed by atoms with Gasteiger partial charge in [0, 0.05) is 0 Å². The second-order valence-electron chi connectivity index (χ2n) is 4.55. The molecule has 0 aromatic heterocycles. The molecule has 0 bridgehead atoms. The van der Waals surface area contributed by atoms with Crippen molar-refractivity contribution in [1.82, 2.24) is 0 Å². The molecule has 1 aromatic rings. The van der Waals surface area contributed by atoms with E-state index in [1.807, 2.05) is 54.7 Å². The van der Waals surface area contributed by atoms with Crippen LogP contribution in [-0.4, -0.2) is 17.5 Å². The van der Waals surface area contributed by atoms with Gasteiger partial charge in [-0.1, -0.05) is 31.2 Å². The standard InChI is InChI=1S/C16H20O2S2/c1-2-3-4-6-15(17)18-14-9-7-13(8-10-14)16-19-11-5-12-20-16/h3-4,7-10,16H,2,5-6,11-12H2,1H3/b4-3-. The summed E-state index contributed by atoms with van der Waals surface area (Å²) in [6, 6.07) is 7.93. The van der Waals surface area contributed by atoms with E-state index in [1.54, 1.807) is 0 Å². The van der Waals surface area contributed by atoms with Crippen LogP contribution in [0.1, 0.15) is 36.3 Å². The molecule has 0 unspecified atom stereocenters. The molecule has 0 atom stereocenters. The first-order chi connectivity index (χ1) is 9.79. The Bertz CT molecular complexity index is 448. The lowest BCUT2D eigenvalue weighted by atomic mass is 10.2. The molecule has 1 heterocycles. The van der Waals surface area contributed by atoms with E-state index in [4.69, 9.17) is 4.74 Å². The monoisotopic (exact) mass is 308 g/mol. The molecule has 4 heteroatoms. The van der Waals surface area contributed by atoms with Gasteiger partial charge in [-0.05, 0) is 42.0 Å². The van der Waals surface area contributed by atoms with Gasteiger partial charge in [0.15, 0.2) is 0 Å². The van der Waals surface area contributed by atoms with Gasteiger partial charge < -0.3 is 4.74 Å². The van der Waals surface area contributed by atoms with E-state index >= 15 is 0 Å². The van der Waals surface area contributed by atoms with Crippen LogP contribution < -0.4 is 4.74 Å². The summed E-state index contributed by atoms with van der Waals surface area (Å²) in [5.41, 5.74) is 1.31. The van der Waals surface area contributed by atoms with E-state index < -0.39 is 0 Å². The summed E-state index contributed by atoms with van der Waals surface area (Å²) in [4.78, 5) is 11.6. The van der Waals surface area contributed by atoms with Crippen LogP contribution in [0, 0.1) is 0 Å². The van der Waals surface area contributed by atoms with Gasteiger partial charge in [-0.25, -0.2) is 0 Å². The lowest BCUT2D eigenvalue weighted by molar-refractivity contribution is -0.133. The number of carbonyl (C=O) groups is 1. The van der Waals surface area contributed by atoms with Gasteiger partial charge in [0.2, 0.25) is 0 Å². The summed E-state index contributed by atoms with van der Waals surface area (Å²) in [6.07, 6.45) is 6.41. The van der Waals surface area contributed by atoms with E-state index in [2.05, 4.69) is 12.1 Å². The maximum absolute atomic E-state index is 11.6. The van der Waals surface area contributed by atoms with E-state index in [9.17, 15) is 4.79 Å². The van der Waals surface area contributed by atoms with Crippen molar-refractivity contribution in [3.05, 3.63) is 42.0 Å². The Morgan fingerprint density at radius 1 is 1.25 bits per heavy atom. The third kappa shape index (κ3) is 4.91. The maximum Gasteiger partial charge on any atom is 0.315 e. The molecule has 1 aromatic carbocycles. The zero-order valence-electron chi connectivity index (χ0n) is 11.7. The average molecular weight is 308 g/mol. The van der Waals surface area contributed by atoms with E-state index in [1.165, 1.54) is 23.5 Å². The van der Waals surface area contributed by atoms with Crippen molar-refractivity contribution in [2.24, 2.45) is 0 Å². The van der Waals surface area contributed by atoms with Crippen molar-refractivity contribution in [3.63, 3.8) is 0 Å².